The molecule has 1 aromatic heterocycles. The second-order valence-electron chi connectivity index (χ2n) is 3.60. The van der Waals surface area contributed by atoms with Gasteiger partial charge in [0.2, 0.25) is 5.95 Å². The zero-order chi connectivity index (χ0) is 9.97. The summed E-state index contributed by atoms with van der Waals surface area (Å²) in [5, 5.41) is 11.2. The Balaban J connectivity index is 2.18. The number of anilines is 1. The molecule has 0 saturated carbocycles. The van der Waals surface area contributed by atoms with Gasteiger partial charge in [0.15, 0.2) is 0 Å². The van der Waals surface area contributed by atoms with E-state index < -0.39 is 0 Å². The Bertz CT molecular complexity index is 304. The van der Waals surface area contributed by atoms with Gasteiger partial charge in [-0.3, -0.25) is 0 Å². The monoisotopic (exact) mass is 196 g/mol. The molecule has 1 atom stereocenters. The maximum absolute atomic E-state index is 5.43. The summed E-state index contributed by atoms with van der Waals surface area (Å²) in [7, 11) is 3.83. The van der Waals surface area contributed by atoms with Crippen molar-refractivity contribution in [2.24, 2.45) is 7.05 Å². The number of nitrogens with zero attached hydrogens (tertiary/aromatic N) is 3. The molecule has 5 heteroatoms. The second kappa shape index (κ2) is 3.96. The maximum Gasteiger partial charge on any atom is 0.224 e. The standard InChI is InChI=1S/C9H16N4O/c1-10-9-12-11-8(13(9)2)7-4-3-5-14-6-7/h7H,3-6H2,1-2H3,(H,10,12). The van der Waals surface area contributed by atoms with E-state index in [1.54, 1.807) is 0 Å². The van der Waals surface area contributed by atoms with E-state index in [0.29, 0.717) is 5.92 Å². The molecule has 1 unspecified atom stereocenters. The van der Waals surface area contributed by atoms with Gasteiger partial charge in [-0.15, -0.1) is 10.2 Å². The van der Waals surface area contributed by atoms with E-state index in [9.17, 15) is 0 Å². The normalized spacial score (nSPS) is 22.3. The lowest BCUT2D eigenvalue weighted by Crippen LogP contribution is -2.19. The van der Waals surface area contributed by atoms with Crippen molar-refractivity contribution in [3.05, 3.63) is 5.82 Å². The van der Waals surface area contributed by atoms with E-state index in [2.05, 4.69) is 15.5 Å². The molecule has 1 saturated heterocycles. The fourth-order valence-corrected chi connectivity index (χ4v) is 1.86. The Morgan fingerprint density at radius 1 is 1.50 bits per heavy atom. The molecule has 0 aliphatic carbocycles. The number of aromatic nitrogens is 3. The third-order valence-corrected chi connectivity index (χ3v) is 2.66. The first-order valence-corrected chi connectivity index (χ1v) is 4.97. The van der Waals surface area contributed by atoms with E-state index in [4.69, 9.17) is 4.74 Å². The molecular weight excluding hydrogens is 180 g/mol. The van der Waals surface area contributed by atoms with Gasteiger partial charge in [0.05, 0.1) is 6.61 Å². The van der Waals surface area contributed by atoms with Crippen molar-refractivity contribution in [1.29, 1.82) is 0 Å². The van der Waals surface area contributed by atoms with Crippen LogP contribution < -0.4 is 5.32 Å². The molecule has 0 radical (unpaired) electrons. The van der Waals surface area contributed by atoms with Crippen molar-refractivity contribution in [2.45, 2.75) is 18.8 Å². The molecule has 0 spiro atoms. The van der Waals surface area contributed by atoms with Crippen LogP contribution in [0, 0.1) is 0 Å². The molecule has 2 rings (SSSR count). The molecule has 78 valence electrons. The summed E-state index contributed by atoms with van der Waals surface area (Å²) in [4.78, 5) is 0. The smallest absolute Gasteiger partial charge is 0.224 e. The van der Waals surface area contributed by atoms with Crippen LogP contribution >= 0.6 is 0 Å². The third kappa shape index (κ3) is 1.59. The highest BCUT2D eigenvalue weighted by atomic mass is 16.5. The Morgan fingerprint density at radius 2 is 2.36 bits per heavy atom. The van der Waals surface area contributed by atoms with E-state index in [-0.39, 0.29) is 0 Å². The van der Waals surface area contributed by atoms with Gasteiger partial charge in [0, 0.05) is 26.6 Å². The van der Waals surface area contributed by atoms with E-state index in [1.807, 2.05) is 18.7 Å². The van der Waals surface area contributed by atoms with Crippen LogP contribution in [0.3, 0.4) is 0 Å². The highest BCUT2D eigenvalue weighted by Gasteiger charge is 2.21. The van der Waals surface area contributed by atoms with Crippen molar-refractivity contribution in [3.8, 4) is 0 Å². The number of nitrogens with one attached hydrogen (secondary N) is 1. The summed E-state index contributed by atoms with van der Waals surface area (Å²) >= 11 is 0. The van der Waals surface area contributed by atoms with Crippen LogP contribution in [0.1, 0.15) is 24.6 Å². The summed E-state index contributed by atoms with van der Waals surface area (Å²) < 4.78 is 7.43. The van der Waals surface area contributed by atoms with Crippen LogP contribution in [0.5, 0.6) is 0 Å². The van der Waals surface area contributed by atoms with Crippen molar-refractivity contribution >= 4 is 5.95 Å². The van der Waals surface area contributed by atoms with Crippen molar-refractivity contribution in [2.75, 3.05) is 25.6 Å². The third-order valence-electron chi connectivity index (χ3n) is 2.66. The number of ether oxygens (including phenoxy) is 1. The minimum absolute atomic E-state index is 0.406. The topological polar surface area (TPSA) is 52.0 Å². The Morgan fingerprint density at radius 3 is 2.93 bits per heavy atom. The van der Waals surface area contributed by atoms with Crippen molar-refractivity contribution in [3.63, 3.8) is 0 Å². The maximum atomic E-state index is 5.43. The van der Waals surface area contributed by atoms with Crippen molar-refractivity contribution < 1.29 is 4.74 Å². The fourth-order valence-electron chi connectivity index (χ4n) is 1.86. The average molecular weight is 196 g/mol. The number of hydrogen-bond acceptors (Lipinski definition) is 4. The number of hydrogen-bond donors (Lipinski definition) is 1. The summed E-state index contributed by atoms with van der Waals surface area (Å²) in [5.41, 5.74) is 0. The summed E-state index contributed by atoms with van der Waals surface area (Å²) in [6.07, 6.45) is 2.27. The van der Waals surface area contributed by atoms with E-state index in [1.165, 1.54) is 0 Å². The SMILES string of the molecule is CNc1nnc(C2CCCOC2)n1C. The summed E-state index contributed by atoms with van der Waals surface area (Å²) in [5.74, 6) is 2.24. The van der Waals surface area contributed by atoms with Crippen LogP contribution in [0.2, 0.25) is 0 Å². The van der Waals surface area contributed by atoms with E-state index in [0.717, 1.165) is 37.8 Å². The lowest BCUT2D eigenvalue weighted by atomic mass is 10.0. The second-order valence-corrected chi connectivity index (χ2v) is 3.60. The minimum atomic E-state index is 0.406. The predicted molar refractivity (Wildman–Crippen MR) is 53.3 cm³/mol. The molecule has 0 aromatic carbocycles. The average Bonchev–Trinajstić information content (AvgIpc) is 2.61. The Hall–Kier alpha value is -1.10. The molecule has 14 heavy (non-hydrogen) atoms. The fraction of sp³-hybridized carbons (Fsp3) is 0.778. The highest BCUT2D eigenvalue weighted by Crippen LogP contribution is 2.24. The first-order valence-electron chi connectivity index (χ1n) is 4.97. The Kier molecular flexibility index (Phi) is 2.67. The van der Waals surface area contributed by atoms with Gasteiger partial charge < -0.3 is 14.6 Å². The molecule has 1 aliphatic heterocycles. The van der Waals surface area contributed by atoms with Gasteiger partial charge in [-0.2, -0.15) is 0 Å². The molecule has 0 bridgehead atoms. The summed E-state index contributed by atoms with van der Waals surface area (Å²) in [6, 6.07) is 0. The molecular formula is C9H16N4O. The molecule has 1 aliphatic rings. The molecule has 0 amide bonds. The van der Waals surface area contributed by atoms with Crippen LogP contribution in [-0.2, 0) is 11.8 Å². The lowest BCUT2D eigenvalue weighted by molar-refractivity contribution is 0.0772. The first kappa shape index (κ1) is 9.45. The quantitative estimate of drug-likeness (QED) is 0.758. The first-order chi connectivity index (χ1) is 6.83. The largest absolute Gasteiger partial charge is 0.381 e. The van der Waals surface area contributed by atoms with E-state index >= 15 is 0 Å². The van der Waals surface area contributed by atoms with Gasteiger partial charge in [-0.05, 0) is 12.8 Å². The Labute approximate surface area is 83.5 Å². The zero-order valence-corrected chi connectivity index (χ0v) is 8.66. The van der Waals surface area contributed by atoms with Crippen LogP contribution in [-0.4, -0.2) is 35.0 Å². The molecule has 5 nitrogen and oxygen atoms in total. The van der Waals surface area contributed by atoms with Gasteiger partial charge in [0.25, 0.3) is 0 Å². The summed E-state index contributed by atoms with van der Waals surface area (Å²) in [6.45, 7) is 1.66. The predicted octanol–water partition coefficient (Wildman–Crippen LogP) is 0.751. The molecule has 2 heterocycles. The van der Waals surface area contributed by atoms with Gasteiger partial charge in [-0.25, -0.2) is 0 Å². The molecule has 1 fully saturated rings. The van der Waals surface area contributed by atoms with Crippen LogP contribution in [0.25, 0.3) is 0 Å². The number of rotatable bonds is 2. The minimum Gasteiger partial charge on any atom is -0.381 e. The van der Waals surface area contributed by atoms with Gasteiger partial charge in [-0.1, -0.05) is 0 Å². The lowest BCUT2D eigenvalue weighted by Gasteiger charge is -2.20. The molecule has 1 aromatic rings. The van der Waals surface area contributed by atoms with Gasteiger partial charge >= 0.3 is 0 Å². The highest BCUT2D eigenvalue weighted by molar-refractivity contribution is 5.24. The van der Waals surface area contributed by atoms with Crippen LogP contribution in [0.4, 0.5) is 5.95 Å². The van der Waals surface area contributed by atoms with Crippen molar-refractivity contribution in [1.82, 2.24) is 14.8 Å². The zero-order valence-electron chi connectivity index (χ0n) is 8.66. The van der Waals surface area contributed by atoms with Gasteiger partial charge in [0.1, 0.15) is 5.82 Å². The molecule has 1 N–H and O–H groups in total. The van der Waals surface area contributed by atoms with Crippen LogP contribution in [0.15, 0.2) is 0 Å².